The van der Waals surface area contributed by atoms with Gasteiger partial charge < -0.3 is 14.4 Å². The monoisotopic (exact) mass is 485 g/mol. The molecule has 2 fully saturated rings. The zero-order valence-corrected chi connectivity index (χ0v) is 20.6. The van der Waals surface area contributed by atoms with E-state index in [1.54, 1.807) is 41.8 Å². The summed E-state index contributed by atoms with van der Waals surface area (Å²) in [6.07, 6.45) is 2.95. The average molecular weight is 486 g/mol. The van der Waals surface area contributed by atoms with Gasteiger partial charge in [-0.05, 0) is 31.5 Å². The van der Waals surface area contributed by atoms with Crippen LogP contribution in [0.4, 0.5) is 5.69 Å². The van der Waals surface area contributed by atoms with E-state index in [0.29, 0.717) is 24.2 Å². The van der Waals surface area contributed by atoms with Gasteiger partial charge >= 0.3 is 0 Å². The van der Waals surface area contributed by atoms with Gasteiger partial charge in [0, 0.05) is 51.4 Å². The van der Waals surface area contributed by atoms with Crippen LogP contribution in [0.1, 0.15) is 43.4 Å². The highest BCUT2D eigenvalue weighted by Crippen LogP contribution is 2.36. The molecule has 182 valence electrons. The number of hydrogen-bond acceptors (Lipinski definition) is 4. The Balaban J connectivity index is 1.41. The molecule has 4 heterocycles. The van der Waals surface area contributed by atoms with Gasteiger partial charge in [0.2, 0.25) is 5.91 Å². The Morgan fingerprint density at radius 2 is 1.76 bits per heavy atom. The first kappa shape index (κ1) is 23.1. The quantitative estimate of drug-likeness (QED) is 0.675. The zero-order valence-electron chi connectivity index (χ0n) is 19.8. The number of piperidine rings is 2. The van der Waals surface area contributed by atoms with Crippen LogP contribution in [0, 0.1) is 12.8 Å². The van der Waals surface area contributed by atoms with Crippen molar-refractivity contribution in [3.05, 3.63) is 58.0 Å². The van der Waals surface area contributed by atoms with E-state index in [1.807, 2.05) is 11.8 Å². The van der Waals surface area contributed by atoms with Crippen LogP contribution >= 0.6 is 0 Å². The number of quaternary nitrogens is 1. The zero-order chi connectivity index (χ0) is 24.0. The summed E-state index contributed by atoms with van der Waals surface area (Å²) in [4.78, 5) is 28.1. The van der Waals surface area contributed by atoms with E-state index in [0.717, 1.165) is 56.7 Å². The lowest BCUT2D eigenvalue weighted by Crippen LogP contribution is -3.18. The lowest BCUT2D eigenvalue weighted by molar-refractivity contribution is -0.937. The lowest BCUT2D eigenvalue weighted by Gasteiger charge is -2.45. The SMILES string of the molecule is CC(=O)N1CCC([NH+]2C[C@@H]3C[C@H](C2)c2c(NS(=O)(=O)c4ccc(C)cc4)ccc(=O)n2C3)CC1. The molecule has 1 amide bonds. The van der Waals surface area contributed by atoms with Crippen molar-refractivity contribution in [1.82, 2.24) is 9.47 Å². The number of aryl methyl sites for hydroxylation is 1. The van der Waals surface area contributed by atoms with Crippen LogP contribution in [0.3, 0.4) is 0 Å². The molecule has 3 aliphatic rings. The standard InChI is InChI=1S/C25H32N4O4S/c1-17-3-5-22(6-4-17)34(32,33)26-23-7-8-24(31)29-15-19-13-20(25(23)29)16-28(14-19)21-9-11-27(12-10-21)18(2)30/h3-8,19-21,26H,9-16H2,1-2H3/p+1/t19-,20+/m0/s1. The number of benzene rings is 1. The van der Waals surface area contributed by atoms with Crippen LogP contribution in [0.2, 0.25) is 0 Å². The van der Waals surface area contributed by atoms with Gasteiger partial charge in [0.25, 0.3) is 15.6 Å². The molecule has 2 N–H and O–H groups in total. The fourth-order valence-corrected chi connectivity index (χ4v) is 7.19. The van der Waals surface area contributed by atoms with Gasteiger partial charge in [-0.3, -0.25) is 14.3 Å². The maximum atomic E-state index is 13.1. The number of likely N-dealkylation sites (tertiary alicyclic amines) is 2. The van der Waals surface area contributed by atoms with E-state index in [2.05, 4.69) is 4.72 Å². The number of carbonyl (C=O) groups is 1. The smallest absolute Gasteiger partial charge is 0.261 e. The number of pyridine rings is 1. The minimum atomic E-state index is -3.76. The second-order valence-corrected chi connectivity index (χ2v) is 11.8. The van der Waals surface area contributed by atoms with Crippen molar-refractivity contribution in [2.45, 2.75) is 56.5 Å². The normalized spacial score (nSPS) is 25.0. The molecule has 0 saturated carbocycles. The molecule has 1 unspecified atom stereocenters. The molecular formula is C25H33N4O4S+. The molecule has 9 heteroatoms. The Morgan fingerprint density at radius 1 is 1.06 bits per heavy atom. The number of fused-ring (bicyclic) bond motifs is 4. The van der Waals surface area contributed by atoms with E-state index in [-0.39, 0.29) is 22.3 Å². The van der Waals surface area contributed by atoms with E-state index in [1.165, 1.54) is 11.0 Å². The summed E-state index contributed by atoms with van der Waals surface area (Å²) in [5, 5.41) is 0. The Bertz CT molecular complexity index is 1250. The molecule has 2 aromatic rings. The topological polar surface area (TPSA) is 92.9 Å². The molecule has 0 radical (unpaired) electrons. The Labute approximate surface area is 200 Å². The maximum Gasteiger partial charge on any atom is 0.261 e. The summed E-state index contributed by atoms with van der Waals surface area (Å²) in [6.45, 7) is 7.68. The largest absolute Gasteiger partial charge is 0.342 e. The third-order valence-electron chi connectivity index (χ3n) is 7.82. The van der Waals surface area contributed by atoms with Crippen molar-refractivity contribution < 1.29 is 18.1 Å². The molecule has 3 aliphatic heterocycles. The Kier molecular flexibility index (Phi) is 6.02. The van der Waals surface area contributed by atoms with Gasteiger partial charge in [0.15, 0.2) is 0 Å². The predicted molar refractivity (Wildman–Crippen MR) is 130 cm³/mol. The molecule has 0 spiro atoms. The average Bonchev–Trinajstić information content (AvgIpc) is 2.81. The van der Waals surface area contributed by atoms with Gasteiger partial charge in [-0.1, -0.05) is 17.7 Å². The molecule has 1 aromatic carbocycles. The van der Waals surface area contributed by atoms with Crippen molar-refractivity contribution in [2.24, 2.45) is 5.92 Å². The van der Waals surface area contributed by atoms with Gasteiger partial charge in [0.05, 0.1) is 41.3 Å². The molecule has 5 rings (SSSR count). The number of amides is 1. The molecule has 2 saturated heterocycles. The number of hydrogen-bond donors (Lipinski definition) is 2. The second-order valence-electron chi connectivity index (χ2n) is 10.1. The van der Waals surface area contributed by atoms with Crippen molar-refractivity contribution in [1.29, 1.82) is 0 Å². The summed E-state index contributed by atoms with van der Waals surface area (Å²) in [6, 6.07) is 10.4. The first-order valence-corrected chi connectivity index (χ1v) is 13.6. The van der Waals surface area contributed by atoms with E-state index in [9.17, 15) is 18.0 Å². The van der Waals surface area contributed by atoms with Crippen LogP contribution in [0.15, 0.2) is 46.1 Å². The molecule has 3 atom stereocenters. The highest BCUT2D eigenvalue weighted by molar-refractivity contribution is 7.92. The third-order valence-corrected chi connectivity index (χ3v) is 9.20. The highest BCUT2D eigenvalue weighted by Gasteiger charge is 2.42. The van der Waals surface area contributed by atoms with Crippen LogP contribution < -0.4 is 15.2 Å². The number of nitrogens with one attached hydrogen (secondary N) is 2. The molecule has 0 aliphatic carbocycles. The van der Waals surface area contributed by atoms with E-state index < -0.39 is 10.0 Å². The van der Waals surface area contributed by atoms with Gasteiger partial charge in [-0.25, -0.2) is 8.42 Å². The number of rotatable bonds is 4. The number of nitrogens with zero attached hydrogens (tertiary/aromatic N) is 2. The first-order valence-electron chi connectivity index (χ1n) is 12.1. The third kappa shape index (κ3) is 4.38. The summed E-state index contributed by atoms with van der Waals surface area (Å²) < 4.78 is 30.8. The Morgan fingerprint density at radius 3 is 2.44 bits per heavy atom. The van der Waals surface area contributed by atoms with E-state index in [4.69, 9.17) is 0 Å². The van der Waals surface area contributed by atoms with Crippen molar-refractivity contribution >= 4 is 21.6 Å². The highest BCUT2D eigenvalue weighted by atomic mass is 32.2. The number of anilines is 1. The van der Waals surface area contributed by atoms with Crippen molar-refractivity contribution in [2.75, 3.05) is 30.9 Å². The van der Waals surface area contributed by atoms with Gasteiger partial charge in [-0.2, -0.15) is 0 Å². The van der Waals surface area contributed by atoms with Crippen LogP contribution in [0.5, 0.6) is 0 Å². The predicted octanol–water partition coefficient (Wildman–Crippen LogP) is 0.970. The summed E-state index contributed by atoms with van der Waals surface area (Å²) in [5.74, 6) is 0.662. The second kappa shape index (κ2) is 8.85. The number of aromatic nitrogens is 1. The Hall–Kier alpha value is -2.65. The van der Waals surface area contributed by atoms with Crippen molar-refractivity contribution in [3.8, 4) is 0 Å². The maximum absolute atomic E-state index is 13.1. The molecule has 34 heavy (non-hydrogen) atoms. The summed E-state index contributed by atoms with van der Waals surface area (Å²) in [5.41, 5.74) is 2.25. The molecular weight excluding hydrogens is 452 g/mol. The molecule has 1 aromatic heterocycles. The fraction of sp³-hybridized carbons (Fsp3) is 0.520. The first-order chi connectivity index (χ1) is 16.2. The minimum Gasteiger partial charge on any atom is -0.342 e. The number of carbonyl (C=O) groups excluding carboxylic acids is 1. The fourth-order valence-electron chi connectivity index (χ4n) is 6.11. The van der Waals surface area contributed by atoms with Crippen LogP contribution in [-0.2, 0) is 21.4 Å². The summed E-state index contributed by atoms with van der Waals surface area (Å²) in [7, 11) is -3.76. The van der Waals surface area contributed by atoms with Crippen molar-refractivity contribution in [3.63, 3.8) is 0 Å². The van der Waals surface area contributed by atoms with Gasteiger partial charge in [-0.15, -0.1) is 0 Å². The van der Waals surface area contributed by atoms with Gasteiger partial charge in [0.1, 0.15) is 0 Å². The van der Waals surface area contributed by atoms with Crippen LogP contribution in [0.25, 0.3) is 0 Å². The lowest BCUT2D eigenvalue weighted by atomic mass is 9.81. The van der Waals surface area contributed by atoms with Crippen LogP contribution in [-0.4, -0.2) is 56.0 Å². The molecule has 8 nitrogen and oxygen atoms in total. The molecule has 2 bridgehead atoms. The number of sulfonamides is 1. The van der Waals surface area contributed by atoms with E-state index >= 15 is 0 Å². The summed E-state index contributed by atoms with van der Waals surface area (Å²) >= 11 is 0. The minimum absolute atomic E-state index is 0.0683.